The predicted molar refractivity (Wildman–Crippen MR) is 125 cm³/mol. The molecule has 3 rings (SSSR count). The Morgan fingerprint density at radius 1 is 1.10 bits per heavy atom. The average Bonchev–Trinajstić information content (AvgIpc) is 2.73. The molecule has 0 aliphatic heterocycles. The minimum Gasteiger partial charge on any atom is -0.497 e. The van der Waals surface area contributed by atoms with Gasteiger partial charge in [0.15, 0.2) is 0 Å². The molecule has 5 heteroatoms. The van der Waals surface area contributed by atoms with Crippen molar-refractivity contribution in [3.8, 4) is 5.75 Å². The van der Waals surface area contributed by atoms with Crippen LogP contribution in [0.2, 0.25) is 0 Å². The number of para-hydroxylation sites is 1. The van der Waals surface area contributed by atoms with Crippen molar-refractivity contribution < 1.29 is 14.6 Å². The first-order valence-electron chi connectivity index (χ1n) is 11.2. The lowest BCUT2D eigenvalue weighted by Gasteiger charge is -2.35. The zero-order valence-electron chi connectivity index (χ0n) is 19.2. The Morgan fingerprint density at radius 2 is 1.81 bits per heavy atom. The van der Waals surface area contributed by atoms with Crippen molar-refractivity contribution in [2.24, 2.45) is 0 Å². The molecule has 1 fully saturated rings. The molecule has 1 aliphatic rings. The molecule has 168 valence electrons. The highest BCUT2D eigenvalue weighted by molar-refractivity contribution is 5.93. The van der Waals surface area contributed by atoms with Crippen LogP contribution < -0.4 is 10.1 Å². The van der Waals surface area contributed by atoms with Crippen molar-refractivity contribution in [3.05, 3.63) is 59.7 Å². The second kappa shape index (κ2) is 10.3. The number of carbonyl (C=O) groups excluding carboxylic acids is 1. The molecule has 0 aromatic heterocycles. The summed E-state index contributed by atoms with van der Waals surface area (Å²) < 4.78 is 5.37. The molecule has 2 aromatic rings. The number of amides is 1. The Hall–Kier alpha value is -2.37. The summed E-state index contributed by atoms with van der Waals surface area (Å²) in [5, 5.41) is 13.1. The lowest BCUT2D eigenvalue weighted by Crippen LogP contribution is -2.43. The van der Waals surface area contributed by atoms with Crippen LogP contribution in [0.15, 0.2) is 48.5 Å². The van der Waals surface area contributed by atoms with Gasteiger partial charge in [-0.2, -0.15) is 0 Å². The van der Waals surface area contributed by atoms with E-state index in [9.17, 15) is 9.90 Å². The molecule has 1 aliphatic carbocycles. The van der Waals surface area contributed by atoms with Gasteiger partial charge in [-0.25, -0.2) is 0 Å². The molecule has 0 bridgehead atoms. The Labute approximate surface area is 186 Å². The van der Waals surface area contributed by atoms with Gasteiger partial charge in [-0.1, -0.05) is 51.1 Å². The summed E-state index contributed by atoms with van der Waals surface area (Å²) in [4.78, 5) is 15.3. The number of hydrogen-bond acceptors (Lipinski definition) is 4. The van der Waals surface area contributed by atoms with Gasteiger partial charge in [0.25, 0.3) is 0 Å². The largest absolute Gasteiger partial charge is 0.497 e. The maximum Gasteiger partial charge on any atom is 0.238 e. The molecule has 0 saturated heterocycles. The van der Waals surface area contributed by atoms with E-state index in [1.54, 1.807) is 7.11 Å². The minimum atomic E-state index is -0.220. The van der Waals surface area contributed by atoms with Crippen LogP contribution in [0.3, 0.4) is 0 Å². The third kappa shape index (κ3) is 6.55. The number of nitrogens with one attached hydrogen (secondary N) is 1. The zero-order valence-corrected chi connectivity index (χ0v) is 19.2. The Balaban J connectivity index is 1.75. The molecule has 0 atom stereocenters. The highest BCUT2D eigenvalue weighted by Gasteiger charge is 2.27. The number of methoxy groups -OCH3 is 1. The van der Waals surface area contributed by atoms with Gasteiger partial charge in [0.2, 0.25) is 5.91 Å². The molecule has 1 saturated carbocycles. The van der Waals surface area contributed by atoms with Gasteiger partial charge >= 0.3 is 0 Å². The second-order valence-corrected chi connectivity index (χ2v) is 9.56. The fraction of sp³-hybridized carbons (Fsp3) is 0.500. The van der Waals surface area contributed by atoms with Gasteiger partial charge in [-0.15, -0.1) is 0 Å². The van der Waals surface area contributed by atoms with E-state index in [-0.39, 0.29) is 23.5 Å². The molecule has 0 spiro atoms. The van der Waals surface area contributed by atoms with Gasteiger partial charge in [-0.05, 0) is 60.4 Å². The van der Waals surface area contributed by atoms with Crippen LogP contribution in [-0.2, 0) is 16.8 Å². The van der Waals surface area contributed by atoms with E-state index in [0.717, 1.165) is 48.2 Å². The van der Waals surface area contributed by atoms with Crippen molar-refractivity contribution in [2.75, 3.05) is 19.0 Å². The number of aliphatic hydroxyl groups is 1. The van der Waals surface area contributed by atoms with Crippen LogP contribution in [0, 0.1) is 0 Å². The average molecular weight is 425 g/mol. The SMILES string of the molecule is COc1cccc(CN(CC(=O)Nc2ccccc2C(C)(C)C)C2CCC(O)CC2)c1. The van der Waals surface area contributed by atoms with Crippen molar-refractivity contribution in [1.29, 1.82) is 0 Å². The van der Waals surface area contributed by atoms with Crippen LogP contribution in [0.5, 0.6) is 5.75 Å². The Kier molecular flexibility index (Phi) is 7.74. The van der Waals surface area contributed by atoms with E-state index in [4.69, 9.17) is 4.74 Å². The van der Waals surface area contributed by atoms with Crippen LogP contribution in [0.1, 0.15) is 57.6 Å². The molecule has 31 heavy (non-hydrogen) atoms. The number of aliphatic hydroxyl groups excluding tert-OH is 1. The van der Waals surface area contributed by atoms with E-state index in [0.29, 0.717) is 13.1 Å². The van der Waals surface area contributed by atoms with E-state index in [1.807, 2.05) is 36.4 Å². The summed E-state index contributed by atoms with van der Waals surface area (Å²) >= 11 is 0. The molecule has 0 unspecified atom stereocenters. The van der Waals surface area contributed by atoms with E-state index in [1.165, 1.54) is 0 Å². The number of carbonyl (C=O) groups is 1. The van der Waals surface area contributed by atoms with Crippen LogP contribution in [0.4, 0.5) is 5.69 Å². The molecule has 1 amide bonds. The predicted octanol–water partition coefficient (Wildman–Crippen LogP) is 4.74. The van der Waals surface area contributed by atoms with Gasteiger partial charge in [0.05, 0.1) is 19.8 Å². The van der Waals surface area contributed by atoms with Crippen LogP contribution in [-0.4, -0.2) is 41.7 Å². The first-order chi connectivity index (χ1) is 14.8. The highest BCUT2D eigenvalue weighted by Crippen LogP contribution is 2.30. The molecule has 5 nitrogen and oxygen atoms in total. The Bertz CT molecular complexity index is 867. The van der Waals surface area contributed by atoms with E-state index >= 15 is 0 Å². The minimum absolute atomic E-state index is 0.00859. The van der Waals surface area contributed by atoms with Crippen molar-refractivity contribution in [3.63, 3.8) is 0 Å². The summed E-state index contributed by atoms with van der Waals surface area (Å²) in [5.74, 6) is 0.811. The van der Waals surface area contributed by atoms with Crippen molar-refractivity contribution >= 4 is 11.6 Å². The standard InChI is InChI=1S/C26H36N2O3/c1-26(2,3)23-10-5-6-11-24(23)27-25(30)18-28(20-12-14-21(29)15-13-20)17-19-8-7-9-22(16-19)31-4/h5-11,16,20-21,29H,12-15,17-18H2,1-4H3,(H,27,30). The fourth-order valence-corrected chi connectivity index (χ4v) is 4.36. The number of hydrogen-bond donors (Lipinski definition) is 2. The molecule has 0 heterocycles. The number of rotatable bonds is 7. The second-order valence-electron chi connectivity index (χ2n) is 9.56. The number of anilines is 1. The maximum absolute atomic E-state index is 13.1. The summed E-state index contributed by atoms with van der Waals surface area (Å²) in [7, 11) is 1.67. The van der Waals surface area contributed by atoms with Gasteiger partial charge in [0, 0.05) is 18.3 Å². The van der Waals surface area contributed by atoms with E-state index in [2.05, 4.69) is 43.1 Å². The van der Waals surface area contributed by atoms with Crippen molar-refractivity contribution in [2.45, 2.75) is 70.6 Å². The molecule has 0 radical (unpaired) electrons. The van der Waals surface area contributed by atoms with Gasteiger partial charge < -0.3 is 15.2 Å². The molecular formula is C26H36N2O3. The summed E-state index contributed by atoms with van der Waals surface area (Å²) in [5.41, 5.74) is 3.07. The topological polar surface area (TPSA) is 61.8 Å². The summed E-state index contributed by atoms with van der Waals surface area (Å²) in [6, 6.07) is 16.3. The van der Waals surface area contributed by atoms with Crippen LogP contribution >= 0.6 is 0 Å². The number of nitrogens with zero attached hydrogens (tertiary/aromatic N) is 1. The van der Waals surface area contributed by atoms with Gasteiger partial charge in [0.1, 0.15) is 5.75 Å². The summed E-state index contributed by atoms with van der Waals surface area (Å²) in [6.07, 6.45) is 3.15. The fourth-order valence-electron chi connectivity index (χ4n) is 4.36. The first kappa shape index (κ1) is 23.3. The molecule has 2 aromatic carbocycles. The number of ether oxygens (including phenoxy) is 1. The molecular weight excluding hydrogens is 388 g/mol. The van der Waals surface area contributed by atoms with Crippen LogP contribution in [0.25, 0.3) is 0 Å². The highest BCUT2D eigenvalue weighted by atomic mass is 16.5. The van der Waals surface area contributed by atoms with Crippen molar-refractivity contribution in [1.82, 2.24) is 4.90 Å². The summed E-state index contributed by atoms with van der Waals surface area (Å²) in [6.45, 7) is 7.45. The first-order valence-corrected chi connectivity index (χ1v) is 11.2. The maximum atomic E-state index is 13.1. The third-order valence-corrected chi connectivity index (χ3v) is 6.06. The number of benzene rings is 2. The monoisotopic (exact) mass is 424 g/mol. The third-order valence-electron chi connectivity index (χ3n) is 6.06. The quantitative estimate of drug-likeness (QED) is 0.674. The Morgan fingerprint density at radius 3 is 2.48 bits per heavy atom. The molecule has 2 N–H and O–H groups in total. The van der Waals surface area contributed by atoms with Gasteiger partial charge in [-0.3, -0.25) is 9.69 Å². The normalized spacial score (nSPS) is 19.3. The lowest BCUT2D eigenvalue weighted by molar-refractivity contribution is -0.118. The smallest absolute Gasteiger partial charge is 0.238 e. The lowest BCUT2D eigenvalue weighted by atomic mass is 9.86. The van der Waals surface area contributed by atoms with E-state index < -0.39 is 0 Å². The zero-order chi connectivity index (χ0) is 22.4.